The van der Waals surface area contributed by atoms with Crippen molar-refractivity contribution in [2.24, 2.45) is 34.5 Å². The molecule has 4 aliphatic carbocycles. The van der Waals surface area contributed by atoms with Crippen molar-refractivity contribution in [2.45, 2.75) is 91.0 Å². The van der Waals surface area contributed by atoms with Crippen LogP contribution in [-0.2, 0) is 6.61 Å². The molecule has 1 aromatic rings. The smallest absolute Gasteiger partial charge is 0.138 e. The predicted octanol–water partition coefficient (Wildman–Crippen LogP) is 5.28. The van der Waals surface area contributed by atoms with E-state index in [4.69, 9.17) is 4.74 Å². The molecular weight excluding hydrogens is 386 g/mol. The Hall–Kier alpha value is -1.39. The molecule has 0 aliphatic heterocycles. The van der Waals surface area contributed by atoms with Gasteiger partial charge in [0.05, 0.1) is 25.0 Å². The van der Waals surface area contributed by atoms with Gasteiger partial charge in [0.25, 0.3) is 0 Å². The highest BCUT2D eigenvalue weighted by Gasteiger charge is 2.59. The molecule has 0 aromatic carbocycles. The van der Waals surface area contributed by atoms with E-state index in [2.05, 4.69) is 31.8 Å². The Morgan fingerprint density at radius 1 is 1.13 bits per heavy atom. The van der Waals surface area contributed by atoms with E-state index in [1.165, 1.54) is 32.1 Å². The van der Waals surface area contributed by atoms with Crippen LogP contribution in [0.25, 0.3) is 0 Å². The molecule has 31 heavy (non-hydrogen) atoms. The number of ether oxygens (including phenoxy) is 1. The van der Waals surface area contributed by atoms with E-state index in [1.807, 2.05) is 6.07 Å². The van der Waals surface area contributed by atoms with Gasteiger partial charge in [0.15, 0.2) is 0 Å². The van der Waals surface area contributed by atoms with Crippen molar-refractivity contribution in [3.05, 3.63) is 35.7 Å². The molecule has 3 saturated carbocycles. The maximum atomic E-state index is 10.2. The summed E-state index contributed by atoms with van der Waals surface area (Å²) in [5.41, 5.74) is 2.99. The standard InChI is InChI=1S/C27H39NO3/c1-17(31-21-12-18(16-29)14-28-15-21)23-6-7-24-22-5-4-19-13-20(30)8-10-26(19,2)25(22)9-11-27(23,24)3/h4,12,14-15,17,20,22-25,29-30H,5-11,13,16H2,1-3H3/t17?,20-,22-,23+,24-,25-,26-,27+/m0/s1. The number of pyridine rings is 1. The highest BCUT2D eigenvalue weighted by atomic mass is 16.5. The summed E-state index contributed by atoms with van der Waals surface area (Å²) in [6, 6.07) is 1.92. The number of allylic oxidation sites excluding steroid dienone is 1. The van der Waals surface area contributed by atoms with Gasteiger partial charge in [-0.25, -0.2) is 0 Å². The number of fused-ring (bicyclic) bond motifs is 5. The van der Waals surface area contributed by atoms with Gasteiger partial charge in [0, 0.05) is 12.1 Å². The first-order valence-corrected chi connectivity index (χ1v) is 12.4. The second kappa shape index (κ2) is 7.88. The van der Waals surface area contributed by atoms with E-state index in [9.17, 15) is 10.2 Å². The minimum Gasteiger partial charge on any atom is -0.489 e. The van der Waals surface area contributed by atoms with E-state index >= 15 is 0 Å². The summed E-state index contributed by atoms with van der Waals surface area (Å²) in [6.45, 7) is 7.28. The molecule has 0 spiro atoms. The van der Waals surface area contributed by atoms with E-state index in [0.29, 0.717) is 16.7 Å². The van der Waals surface area contributed by atoms with Crippen LogP contribution in [0.1, 0.15) is 77.7 Å². The number of hydrogen-bond donors (Lipinski definition) is 2. The first-order valence-electron chi connectivity index (χ1n) is 12.4. The molecule has 3 fully saturated rings. The molecule has 4 nitrogen and oxygen atoms in total. The molecule has 0 radical (unpaired) electrons. The highest BCUT2D eigenvalue weighted by molar-refractivity contribution is 5.26. The summed E-state index contributed by atoms with van der Waals surface area (Å²) >= 11 is 0. The van der Waals surface area contributed by atoms with Crippen molar-refractivity contribution in [3.8, 4) is 5.75 Å². The fraction of sp³-hybridized carbons (Fsp3) is 0.741. The van der Waals surface area contributed by atoms with Gasteiger partial charge < -0.3 is 14.9 Å². The van der Waals surface area contributed by atoms with Gasteiger partial charge in [0.1, 0.15) is 5.75 Å². The lowest BCUT2D eigenvalue weighted by molar-refractivity contribution is -0.0643. The second-order valence-electron chi connectivity index (χ2n) is 11.4. The zero-order valence-electron chi connectivity index (χ0n) is 19.4. The number of aliphatic hydroxyl groups is 2. The van der Waals surface area contributed by atoms with Crippen LogP contribution in [0.4, 0.5) is 0 Å². The number of aliphatic hydroxyl groups excluding tert-OH is 2. The third kappa shape index (κ3) is 3.45. The normalized spacial score (nSPS) is 42.7. The topological polar surface area (TPSA) is 62.6 Å². The molecule has 4 heteroatoms. The summed E-state index contributed by atoms with van der Waals surface area (Å²) in [6.07, 6.45) is 15.4. The summed E-state index contributed by atoms with van der Waals surface area (Å²) in [4.78, 5) is 4.23. The summed E-state index contributed by atoms with van der Waals surface area (Å²) in [5, 5.41) is 19.6. The fourth-order valence-electron chi connectivity index (χ4n) is 8.36. The lowest BCUT2D eigenvalue weighted by Crippen LogP contribution is -2.51. The van der Waals surface area contributed by atoms with E-state index in [-0.39, 0.29) is 18.8 Å². The third-order valence-electron chi connectivity index (χ3n) is 9.99. The Morgan fingerprint density at radius 2 is 1.97 bits per heavy atom. The molecule has 5 rings (SSSR count). The molecule has 4 aliphatic rings. The number of rotatable bonds is 4. The van der Waals surface area contributed by atoms with Gasteiger partial charge in [-0.05, 0) is 98.5 Å². The van der Waals surface area contributed by atoms with E-state index < -0.39 is 0 Å². The molecule has 8 atom stereocenters. The van der Waals surface area contributed by atoms with Crippen LogP contribution in [-0.4, -0.2) is 27.4 Å². The Bertz CT molecular complexity index is 853. The molecular formula is C27H39NO3. The zero-order valence-corrected chi connectivity index (χ0v) is 19.4. The van der Waals surface area contributed by atoms with Crippen molar-refractivity contribution in [2.75, 3.05) is 0 Å². The fourth-order valence-corrected chi connectivity index (χ4v) is 8.36. The van der Waals surface area contributed by atoms with Crippen molar-refractivity contribution in [3.63, 3.8) is 0 Å². The first-order chi connectivity index (χ1) is 14.8. The van der Waals surface area contributed by atoms with E-state index in [0.717, 1.165) is 48.3 Å². The Balaban J connectivity index is 1.35. The first kappa shape index (κ1) is 21.5. The summed E-state index contributed by atoms with van der Waals surface area (Å²) in [5.74, 6) is 3.66. The second-order valence-corrected chi connectivity index (χ2v) is 11.4. The van der Waals surface area contributed by atoms with Crippen molar-refractivity contribution in [1.82, 2.24) is 4.98 Å². The van der Waals surface area contributed by atoms with Crippen molar-refractivity contribution < 1.29 is 14.9 Å². The van der Waals surface area contributed by atoms with Crippen LogP contribution >= 0.6 is 0 Å². The van der Waals surface area contributed by atoms with Gasteiger partial charge in [-0.2, -0.15) is 0 Å². The minimum absolute atomic E-state index is 0.00380. The van der Waals surface area contributed by atoms with Gasteiger partial charge >= 0.3 is 0 Å². The van der Waals surface area contributed by atoms with Crippen LogP contribution in [0.15, 0.2) is 30.1 Å². The average molecular weight is 426 g/mol. The van der Waals surface area contributed by atoms with Gasteiger partial charge in [-0.1, -0.05) is 25.5 Å². The Morgan fingerprint density at radius 3 is 2.77 bits per heavy atom. The van der Waals surface area contributed by atoms with Crippen LogP contribution in [0.5, 0.6) is 5.75 Å². The molecule has 170 valence electrons. The Kier molecular flexibility index (Phi) is 5.45. The van der Waals surface area contributed by atoms with E-state index in [1.54, 1.807) is 18.0 Å². The molecule has 0 saturated heterocycles. The van der Waals surface area contributed by atoms with Gasteiger partial charge in [-0.3, -0.25) is 4.98 Å². The van der Waals surface area contributed by atoms with Crippen LogP contribution in [0, 0.1) is 34.5 Å². The number of aromatic nitrogens is 1. The lowest BCUT2D eigenvalue weighted by atomic mass is 9.47. The quantitative estimate of drug-likeness (QED) is 0.644. The van der Waals surface area contributed by atoms with Gasteiger partial charge in [0.2, 0.25) is 0 Å². The zero-order chi connectivity index (χ0) is 21.8. The molecule has 1 unspecified atom stereocenters. The highest BCUT2D eigenvalue weighted by Crippen LogP contribution is 2.66. The average Bonchev–Trinajstić information content (AvgIpc) is 3.11. The minimum atomic E-state index is -0.127. The molecule has 0 bridgehead atoms. The van der Waals surface area contributed by atoms with Gasteiger partial charge in [-0.15, -0.1) is 0 Å². The monoisotopic (exact) mass is 425 g/mol. The predicted molar refractivity (Wildman–Crippen MR) is 121 cm³/mol. The molecule has 1 aromatic heterocycles. The Labute approximate surface area is 187 Å². The van der Waals surface area contributed by atoms with Crippen LogP contribution in [0.2, 0.25) is 0 Å². The third-order valence-corrected chi connectivity index (χ3v) is 9.99. The lowest BCUT2D eigenvalue weighted by Gasteiger charge is -2.58. The SMILES string of the molecule is CC(Oc1cncc(CO)c1)[C@H]1CC[C@H]2[C@@H]3CC=C4C[C@@H](O)CC[C@]4(C)[C@H]3CC[C@]12C. The van der Waals surface area contributed by atoms with Crippen molar-refractivity contribution >= 4 is 0 Å². The van der Waals surface area contributed by atoms with Crippen LogP contribution < -0.4 is 4.74 Å². The molecule has 1 heterocycles. The summed E-state index contributed by atoms with van der Waals surface area (Å²) in [7, 11) is 0. The van der Waals surface area contributed by atoms with Crippen molar-refractivity contribution in [1.29, 1.82) is 0 Å². The molecule has 0 amide bonds. The summed E-state index contributed by atoms with van der Waals surface area (Å²) < 4.78 is 6.40. The maximum absolute atomic E-state index is 10.2. The number of hydrogen-bond acceptors (Lipinski definition) is 4. The largest absolute Gasteiger partial charge is 0.489 e. The van der Waals surface area contributed by atoms with Crippen LogP contribution in [0.3, 0.4) is 0 Å². The maximum Gasteiger partial charge on any atom is 0.138 e. The number of nitrogens with zero attached hydrogens (tertiary/aromatic N) is 1. The molecule has 2 N–H and O–H groups in total.